The van der Waals surface area contributed by atoms with E-state index in [-0.39, 0.29) is 0 Å². The highest BCUT2D eigenvalue weighted by atomic mass is 32.1. The topological polar surface area (TPSA) is 0 Å². The third-order valence-corrected chi connectivity index (χ3v) is 4.11. The Morgan fingerprint density at radius 3 is 2.90 bits per heavy atom. The van der Waals surface area contributed by atoms with Gasteiger partial charge < -0.3 is 0 Å². The molecular weight excluding hydrogens is 156 g/mol. The fourth-order valence-electron chi connectivity index (χ4n) is 0.998. The third-order valence-electron chi connectivity index (χ3n) is 1.73. The predicted octanol–water partition coefficient (Wildman–Crippen LogP) is 1.08. The highest BCUT2D eigenvalue weighted by Gasteiger charge is 1.96. The van der Waals surface area contributed by atoms with Crippen molar-refractivity contribution >= 4 is 26.8 Å². The standard InChI is InChI=1S/C8H14SSi/c1-2-3-4-7-8(10)5-6-9-7/h5-6H,2-4H2,1,10H3. The van der Waals surface area contributed by atoms with Crippen LogP contribution in [0.4, 0.5) is 0 Å². The molecule has 1 aromatic heterocycles. The summed E-state index contributed by atoms with van der Waals surface area (Å²) >= 11 is 1.92. The molecule has 0 unspecified atom stereocenters. The molecular formula is C8H14SSi. The Kier molecular flexibility index (Phi) is 3.16. The molecule has 56 valence electrons. The molecule has 0 nitrogen and oxygen atoms in total. The molecule has 0 aromatic carbocycles. The highest BCUT2D eigenvalue weighted by Crippen LogP contribution is 2.08. The second-order valence-corrected chi connectivity index (χ2v) is 4.71. The van der Waals surface area contributed by atoms with Gasteiger partial charge in [0.2, 0.25) is 0 Å². The van der Waals surface area contributed by atoms with Crippen molar-refractivity contribution in [2.24, 2.45) is 0 Å². The van der Waals surface area contributed by atoms with Gasteiger partial charge in [-0.3, -0.25) is 0 Å². The Morgan fingerprint density at radius 1 is 1.60 bits per heavy atom. The van der Waals surface area contributed by atoms with Crippen LogP contribution in [0.2, 0.25) is 0 Å². The Hall–Kier alpha value is -0.0831. The molecule has 0 fully saturated rings. The fraction of sp³-hybridized carbons (Fsp3) is 0.500. The van der Waals surface area contributed by atoms with Gasteiger partial charge in [0, 0.05) is 15.1 Å². The van der Waals surface area contributed by atoms with Crippen LogP contribution in [-0.4, -0.2) is 10.2 Å². The van der Waals surface area contributed by atoms with Crippen molar-refractivity contribution in [2.45, 2.75) is 26.2 Å². The van der Waals surface area contributed by atoms with E-state index in [9.17, 15) is 0 Å². The summed E-state index contributed by atoms with van der Waals surface area (Å²) in [7, 11) is 1.22. The van der Waals surface area contributed by atoms with Crippen molar-refractivity contribution in [1.29, 1.82) is 0 Å². The van der Waals surface area contributed by atoms with E-state index in [0.717, 1.165) is 0 Å². The van der Waals surface area contributed by atoms with Crippen molar-refractivity contribution in [1.82, 2.24) is 0 Å². The summed E-state index contributed by atoms with van der Waals surface area (Å²) < 4.78 is 0. The molecule has 1 heterocycles. The lowest BCUT2D eigenvalue weighted by molar-refractivity contribution is 0.806. The molecule has 0 aliphatic rings. The summed E-state index contributed by atoms with van der Waals surface area (Å²) in [5, 5.41) is 3.83. The zero-order chi connectivity index (χ0) is 7.40. The Morgan fingerprint density at radius 2 is 2.40 bits per heavy atom. The van der Waals surface area contributed by atoms with Crippen LogP contribution in [0, 0.1) is 0 Å². The Balaban J connectivity index is 2.49. The molecule has 0 saturated carbocycles. The molecule has 0 bridgehead atoms. The minimum atomic E-state index is 1.22. The van der Waals surface area contributed by atoms with E-state index >= 15 is 0 Å². The maximum atomic E-state index is 2.27. The van der Waals surface area contributed by atoms with Crippen LogP contribution >= 0.6 is 11.3 Å². The lowest BCUT2D eigenvalue weighted by Crippen LogP contribution is -2.03. The number of aryl methyl sites for hydroxylation is 1. The monoisotopic (exact) mass is 170 g/mol. The summed E-state index contributed by atoms with van der Waals surface area (Å²) in [4.78, 5) is 1.63. The summed E-state index contributed by atoms with van der Waals surface area (Å²) in [6.45, 7) is 2.25. The number of rotatable bonds is 3. The molecule has 0 aliphatic carbocycles. The zero-order valence-corrected chi connectivity index (χ0v) is 9.50. The second-order valence-electron chi connectivity index (χ2n) is 2.63. The third kappa shape index (κ3) is 1.96. The Bertz CT molecular complexity index is 193. The van der Waals surface area contributed by atoms with Crippen LogP contribution in [0.1, 0.15) is 24.6 Å². The maximum absolute atomic E-state index is 2.27. The van der Waals surface area contributed by atoms with Gasteiger partial charge in [-0.2, -0.15) is 0 Å². The highest BCUT2D eigenvalue weighted by molar-refractivity contribution is 7.11. The van der Waals surface area contributed by atoms with E-state index in [1.165, 1.54) is 29.5 Å². The molecule has 0 radical (unpaired) electrons. The van der Waals surface area contributed by atoms with Gasteiger partial charge >= 0.3 is 0 Å². The molecule has 1 aromatic rings. The Labute approximate surface area is 69.7 Å². The molecule has 2 heteroatoms. The van der Waals surface area contributed by atoms with Crippen LogP contribution in [0.25, 0.3) is 0 Å². The quantitative estimate of drug-likeness (QED) is 0.596. The molecule has 0 amide bonds. The number of unbranched alkanes of at least 4 members (excludes halogenated alkanes) is 1. The largest absolute Gasteiger partial charge is 0.149 e. The van der Waals surface area contributed by atoms with Crippen molar-refractivity contribution < 1.29 is 0 Å². The summed E-state index contributed by atoms with van der Waals surface area (Å²) in [6.07, 6.45) is 3.99. The van der Waals surface area contributed by atoms with Gasteiger partial charge in [0.15, 0.2) is 0 Å². The average molecular weight is 170 g/mol. The zero-order valence-electron chi connectivity index (χ0n) is 6.68. The summed E-state index contributed by atoms with van der Waals surface area (Å²) in [5.74, 6) is 0. The van der Waals surface area contributed by atoms with Gasteiger partial charge in [-0.15, -0.1) is 11.3 Å². The first-order valence-electron chi connectivity index (χ1n) is 3.87. The average Bonchev–Trinajstić information content (AvgIpc) is 2.31. The first kappa shape index (κ1) is 8.02. The van der Waals surface area contributed by atoms with Gasteiger partial charge in [-0.1, -0.05) is 24.6 Å². The van der Waals surface area contributed by atoms with E-state index in [0.29, 0.717) is 0 Å². The smallest absolute Gasteiger partial charge is 0.0399 e. The van der Waals surface area contributed by atoms with Crippen molar-refractivity contribution in [2.75, 3.05) is 0 Å². The SMILES string of the molecule is CCCCc1sccc1[SiH3]. The number of thiophene rings is 1. The lowest BCUT2D eigenvalue weighted by Gasteiger charge is -1.95. The molecule has 0 aliphatic heterocycles. The van der Waals surface area contributed by atoms with E-state index in [1.54, 1.807) is 10.1 Å². The molecule has 0 atom stereocenters. The van der Waals surface area contributed by atoms with Crippen molar-refractivity contribution in [3.63, 3.8) is 0 Å². The summed E-state index contributed by atoms with van der Waals surface area (Å²) in [5.41, 5.74) is 0. The first-order valence-corrected chi connectivity index (χ1v) is 5.75. The lowest BCUT2D eigenvalue weighted by atomic mass is 10.2. The molecule has 10 heavy (non-hydrogen) atoms. The van der Waals surface area contributed by atoms with Gasteiger partial charge in [0.1, 0.15) is 0 Å². The van der Waals surface area contributed by atoms with E-state index in [1.807, 2.05) is 11.3 Å². The second kappa shape index (κ2) is 3.94. The molecule has 1 rings (SSSR count). The first-order chi connectivity index (χ1) is 4.84. The van der Waals surface area contributed by atoms with Crippen LogP contribution in [0.3, 0.4) is 0 Å². The van der Waals surface area contributed by atoms with E-state index in [4.69, 9.17) is 0 Å². The minimum Gasteiger partial charge on any atom is -0.149 e. The molecule has 0 N–H and O–H groups in total. The number of hydrogen-bond acceptors (Lipinski definition) is 1. The summed E-state index contributed by atoms with van der Waals surface area (Å²) in [6, 6.07) is 2.27. The van der Waals surface area contributed by atoms with Gasteiger partial charge in [-0.05, 0) is 18.2 Å². The van der Waals surface area contributed by atoms with E-state index in [2.05, 4.69) is 18.4 Å². The van der Waals surface area contributed by atoms with Crippen LogP contribution in [0.5, 0.6) is 0 Å². The van der Waals surface area contributed by atoms with Gasteiger partial charge in [-0.25, -0.2) is 0 Å². The van der Waals surface area contributed by atoms with Gasteiger partial charge in [0.25, 0.3) is 0 Å². The molecule has 0 spiro atoms. The van der Waals surface area contributed by atoms with Crippen molar-refractivity contribution in [3.05, 3.63) is 16.3 Å². The molecule has 0 saturated heterocycles. The van der Waals surface area contributed by atoms with Crippen LogP contribution in [-0.2, 0) is 6.42 Å². The van der Waals surface area contributed by atoms with Crippen LogP contribution < -0.4 is 5.19 Å². The normalized spacial score (nSPS) is 10.5. The van der Waals surface area contributed by atoms with Crippen molar-refractivity contribution in [3.8, 4) is 0 Å². The van der Waals surface area contributed by atoms with E-state index < -0.39 is 0 Å². The maximum Gasteiger partial charge on any atom is 0.0399 e. The predicted molar refractivity (Wildman–Crippen MR) is 52.5 cm³/mol. The number of hydrogen-bond donors (Lipinski definition) is 0. The fourth-order valence-corrected chi connectivity index (χ4v) is 2.96. The van der Waals surface area contributed by atoms with Crippen LogP contribution in [0.15, 0.2) is 11.4 Å². The van der Waals surface area contributed by atoms with Gasteiger partial charge in [0.05, 0.1) is 0 Å². The minimum absolute atomic E-state index is 1.22.